The van der Waals surface area contributed by atoms with Crippen LogP contribution in [0.1, 0.15) is 11.1 Å². The highest BCUT2D eigenvalue weighted by Crippen LogP contribution is 2.13. The van der Waals surface area contributed by atoms with E-state index in [4.69, 9.17) is 16.3 Å². The molecule has 1 fully saturated rings. The molecular formula is C18H22ClN3O. The molecular weight excluding hydrogens is 310 g/mol. The SMILES string of the molecule is Clc1ccc(OCCc2ccc(CN3CCNCC3)cc2)nc1. The van der Waals surface area contributed by atoms with Gasteiger partial charge in [0.2, 0.25) is 5.88 Å². The summed E-state index contributed by atoms with van der Waals surface area (Å²) in [6, 6.07) is 12.4. The summed E-state index contributed by atoms with van der Waals surface area (Å²) in [5.74, 6) is 0.615. The van der Waals surface area contributed by atoms with E-state index < -0.39 is 0 Å². The molecule has 5 heteroatoms. The van der Waals surface area contributed by atoms with Gasteiger partial charge >= 0.3 is 0 Å². The van der Waals surface area contributed by atoms with Crippen LogP contribution in [0.25, 0.3) is 0 Å². The third kappa shape index (κ3) is 5.20. The molecule has 0 atom stereocenters. The van der Waals surface area contributed by atoms with Gasteiger partial charge in [0, 0.05) is 51.4 Å². The summed E-state index contributed by atoms with van der Waals surface area (Å²) in [7, 11) is 0. The summed E-state index contributed by atoms with van der Waals surface area (Å²) in [5, 5.41) is 4.00. The number of piperazine rings is 1. The smallest absolute Gasteiger partial charge is 0.213 e. The number of hydrogen-bond donors (Lipinski definition) is 1. The van der Waals surface area contributed by atoms with Crippen LogP contribution in [0.3, 0.4) is 0 Å². The second-order valence-corrected chi connectivity index (χ2v) is 6.19. The molecule has 1 aromatic heterocycles. The molecule has 2 aromatic rings. The van der Waals surface area contributed by atoms with Gasteiger partial charge in [-0.05, 0) is 17.2 Å². The van der Waals surface area contributed by atoms with Gasteiger partial charge in [-0.25, -0.2) is 4.98 Å². The van der Waals surface area contributed by atoms with Crippen molar-refractivity contribution in [1.82, 2.24) is 15.2 Å². The summed E-state index contributed by atoms with van der Waals surface area (Å²) < 4.78 is 5.63. The Kier molecular flexibility index (Phi) is 5.86. The van der Waals surface area contributed by atoms with Crippen LogP contribution in [0.2, 0.25) is 5.02 Å². The number of aromatic nitrogens is 1. The van der Waals surface area contributed by atoms with Crippen molar-refractivity contribution >= 4 is 11.6 Å². The first kappa shape index (κ1) is 16.2. The van der Waals surface area contributed by atoms with E-state index in [-0.39, 0.29) is 0 Å². The molecule has 0 bridgehead atoms. The first-order valence-corrected chi connectivity index (χ1v) is 8.43. The monoisotopic (exact) mass is 331 g/mol. The van der Waals surface area contributed by atoms with E-state index in [9.17, 15) is 0 Å². The molecule has 0 spiro atoms. The quantitative estimate of drug-likeness (QED) is 0.883. The van der Waals surface area contributed by atoms with E-state index in [0.29, 0.717) is 17.5 Å². The van der Waals surface area contributed by atoms with Crippen molar-refractivity contribution in [1.29, 1.82) is 0 Å². The van der Waals surface area contributed by atoms with Crippen molar-refractivity contribution < 1.29 is 4.74 Å². The van der Waals surface area contributed by atoms with E-state index in [1.807, 2.05) is 0 Å². The summed E-state index contributed by atoms with van der Waals surface area (Å²) in [5.41, 5.74) is 2.65. The highest BCUT2D eigenvalue weighted by atomic mass is 35.5. The molecule has 0 amide bonds. The summed E-state index contributed by atoms with van der Waals surface area (Å²) in [6.45, 7) is 6.09. The molecule has 3 rings (SSSR count). The standard InChI is InChI=1S/C18H22ClN3O/c19-17-5-6-18(21-13-17)23-12-7-15-1-3-16(4-2-15)14-22-10-8-20-9-11-22/h1-6,13,20H,7-12,14H2. The Balaban J connectivity index is 1.44. The highest BCUT2D eigenvalue weighted by molar-refractivity contribution is 6.30. The predicted molar refractivity (Wildman–Crippen MR) is 93.0 cm³/mol. The average molecular weight is 332 g/mol. The fraction of sp³-hybridized carbons (Fsp3) is 0.389. The third-order valence-corrected chi connectivity index (χ3v) is 4.20. The largest absolute Gasteiger partial charge is 0.477 e. The van der Waals surface area contributed by atoms with Gasteiger partial charge in [0.05, 0.1) is 11.6 Å². The number of hydrogen-bond acceptors (Lipinski definition) is 4. The van der Waals surface area contributed by atoms with E-state index in [2.05, 4.69) is 39.5 Å². The number of nitrogens with one attached hydrogen (secondary N) is 1. The topological polar surface area (TPSA) is 37.4 Å². The zero-order chi connectivity index (χ0) is 15.9. The Bertz CT molecular complexity index is 595. The predicted octanol–water partition coefficient (Wildman–Crippen LogP) is 2.76. The van der Waals surface area contributed by atoms with Gasteiger partial charge in [-0.1, -0.05) is 35.9 Å². The molecule has 1 N–H and O–H groups in total. The summed E-state index contributed by atoms with van der Waals surface area (Å²) in [4.78, 5) is 6.61. The Morgan fingerprint density at radius 2 is 1.78 bits per heavy atom. The van der Waals surface area contributed by atoms with Gasteiger partial charge in [0.25, 0.3) is 0 Å². The van der Waals surface area contributed by atoms with E-state index >= 15 is 0 Å². The Morgan fingerprint density at radius 1 is 1.04 bits per heavy atom. The molecule has 122 valence electrons. The van der Waals surface area contributed by atoms with Gasteiger partial charge in [0.1, 0.15) is 0 Å². The minimum absolute atomic E-state index is 0.615. The molecule has 1 aromatic carbocycles. The van der Waals surface area contributed by atoms with Crippen molar-refractivity contribution in [3.05, 3.63) is 58.7 Å². The first-order valence-electron chi connectivity index (χ1n) is 8.05. The van der Waals surface area contributed by atoms with E-state index in [1.54, 1.807) is 18.3 Å². The zero-order valence-electron chi connectivity index (χ0n) is 13.2. The van der Waals surface area contributed by atoms with E-state index in [0.717, 1.165) is 39.1 Å². The van der Waals surface area contributed by atoms with Crippen LogP contribution in [-0.2, 0) is 13.0 Å². The van der Waals surface area contributed by atoms with Crippen molar-refractivity contribution in [2.45, 2.75) is 13.0 Å². The lowest BCUT2D eigenvalue weighted by Gasteiger charge is -2.27. The molecule has 1 aliphatic heterocycles. The van der Waals surface area contributed by atoms with Crippen molar-refractivity contribution in [3.8, 4) is 5.88 Å². The maximum absolute atomic E-state index is 5.80. The molecule has 0 aliphatic carbocycles. The molecule has 0 unspecified atom stereocenters. The minimum Gasteiger partial charge on any atom is -0.477 e. The highest BCUT2D eigenvalue weighted by Gasteiger charge is 2.09. The lowest BCUT2D eigenvalue weighted by atomic mass is 10.1. The summed E-state index contributed by atoms with van der Waals surface area (Å²) >= 11 is 5.80. The van der Waals surface area contributed by atoms with Crippen LogP contribution >= 0.6 is 11.6 Å². The van der Waals surface area contributed by atoms with Crippen LogP contribution in [0, 0.1) is 0 Å². The third-order valence-electron chi connectivity index (χ3n) is 3.98. The number of benzene rings is 1. The normalized spacial score (nSPS) is 15.5. The fourth-order valence-electron chi connectivity index (χ4n) is 2.66. The number of rotatable bonds is 6. The van der Waals surface area contributed by atoms with E-state index in [1.165, 1.54) is 11.1 Å². The lowest BCUT2D eigenvalue weighted by Crippen LogP contribution is -2.42. The second-order valence-electron chi connectivity index (χ2n) is 5.76. The van der Waals surface area contributed by atoms with Gasteiger partial charge < -0.3 is 10.1 Å². The minimum atomic E-state index is 0.615. The van der Waals surface area contributed by atoms with Gasteiger partial charge in [-0.3, -0.25) is 4.90 Å². The van der Waals surface area contributed by atoms with Gasteiger partial charge in [0.15, 0.2) is 0 Å². The van der Waals surface area contributed by atoms with Crippen LogP contribution in [0.15, 0.2) is 42.6 Å². The molecule has 1 aliphatic rings. The van der Waals surface area contributed by atoms with Crippen molar-refractivity contribution in [2.24, 2.45) is 0 Å². The lowest BCUT2D eigenvalue weighted by molar-refractivity contribution is 0.233. The molecule has 0 saturated carbocycles. The molecule has 1 saturated heterocycles. The number of pyridine rings is 1. The van der Waals surface area contributed by atoms with Crippen LogP contribution in [0.4, 0.5) is 0 Å². The van der Waals surface area contributed by atoms with Gasteiger partial charge in [-0.2, -0.15) is 0 Å². The molecule has 23 heavy (non-hydrogen) atoms. The Morgan fingerprint density at radius 3 is 2.48 bits per heavy atom. The van der Waals surface area contributed by atoms with Crippen molar-refractivity contribution in [2.75, 3.05) is 32.8 Å². The number of nitrogens with zero attached hydrogens (tertiary/aromatic N) is 2. The number of halogens is 1. The average Bonchev–Trinajstić information content (AvgIpc) is 2.59. The maximum Gasteiger partial charge on any atom is 0.213 e. The molecule has 0 radical (unpaired) electrons. The summed E-state index contributed by atoms with van der Waals surface area (Å²) in [6.07, 6.45) is 2.47. The maximum atomic E-state index is 5.80. The van der Waals surface area contributed by atoms with Crippen LogP contribution in [-0.4, -0.2) is 42.7 Å². The first-order chi connectivity index (χ1) is 11.3. The van der Waals surface area contributed by atoms with Crippen LogP contribution < -0.4 is 10.1 Å². The Labute approximate surface area is 142 Å². The number of ether oxygens (including phenoxy) is 1. The zero-order valence-corrected chi connectivity index (χ0v) is 13.9. The fourth-order valence-corrected chi connectivity index (χ4v) is 2.77. The Hall–Kier alpha value is -1.62. The van der Waals surface area contributed by atoms with Gasteiger partial charge in [-0.15, -0.1) is 0 Å². The van der Waals surface area contributed by atoms with Crippen LogP contribution in [0.5, 0.6) is 5.88 Å². The van der Waals surface area contributed by atoms with Crippen molar-refractivity contribution in [3.63, 3.8) is 0 Å². The molecule has 2 heterocycles. The molecule has 4 nitrogen and oxygen atoms in total. The second kappa shape index (κ2) is 8.29.